The second-order valence-corrected chi connectivity index (χ2v) is 5.18. The van der Waals surface area contributed by atoms with Crippen LogP contribution >= 0.6 is 31.9 Å². The first-order chi connectivity index (χ1) is 3.56. The molecule has 0 saturated carbocycles. The Morgan fingerprint density at radius 1 is 1.38 bits per heavy atom. The highest BCUT2D eigenvalue weighted by molar-refractivity contribution is 9.25. The van der Waals surface area contributed by atoms with Crippen LogP contribution in [0.4, 0.5) is 0 Å². The fourth-order valence-electron chi connectivity index (χ4n) is 0.292. The highest BCUT2D eigenvalue weighted by Crippen LogP contribution is 2.27. The predicted octanol–water partition coefficient (Wildman–Crippen LogP) is 1.19. The Kier molecular flexibility index (Phi) is 4.24. The number of hydrogen-bond donors (Lipinski definition) is 2. The molecule has 0 rings (SSSR count). The summed E-state index contributed by atoms with van der Waals surface area (Å²) in [5.74, 6) is 0. The minimum Gasteiger partial charge on any atom is -0.396 e. The van der Waals surface area contributed by atoms with Crippen LogP contribution in [0.15, 0.2) is 0 Å². The average molecular weight is 248 g/mol. The van der Waals surface area contributed by atoms with Gasteiger partial charge in [0.1, 0.15) is 0 Å². The van der Waals surface area contributed by atoms with Gasteiger partial charge in [-0.1, -0.05) is 0 Å². The molecule has 0 aromatic rings. The summed E-state index contributed by atoms with van der Waals surface area (Å²) in [5, 5.41) is 17.1. The van der Waals surface area contributed by atoms with Crippen LogP contribution in [0.2, 0.25) is 0 Å². The van der Waals surface area contributed by atoms with E-state index < -0.39 is 3.42 Å². The predicted molar refractivity (Wildman–Crippen MR) is 39.1 cm³/mol. The monoisotopic (exact) mass is 246 g/mol. The second kappa shape index (κ2) is 3.82. The van der Waals surface area contributed by atoms with Gasteiger partial charge in [0.2, 0.25) is 0 Å². The van der Waals surface area contributed by atoms with Crippen molar-refractivity contribution in [1.82, 2.24) is 0 Å². The van der Waals surface area contributed by atoms with Crippen molar-refractivity contribution < 1.29 is 10.2 Å². The minimum absolute atomic E-state index is 0.111. The molecule has 0 bridgehead atoms. The van der Waals surface area contributed by atoms with Gasteiger partial charge < -0.3 is 10.2 Å². The zero-order valence-corrected chi connectivity index (χ0v) is 7.44. The maximum absolute atomic E-state index is 8.87. The molecule has 0 fully saturated rings. The van der Waals surface area contributed by atoms with Crippen molar-refractivity contribution in [2.45, 2.75) is 16.3 Å². The van der Waals surface area contributed by atoms with Crippen LogP contribution in [-0.4, -0.2) is 20.2 Å². The smallest absolute Gasteiger partial charge is 0.174 e. The molecule has 0 aromatic heterocycles. The summed E-state index contributed by atoms with van der Waals surface area (Å²) in [6.45, 7) is 0.111. The van der Waals surface area contributed by atoms with Gasteiger partial charge in [-0.25, -0.2) is 0 Å². The number of alkyl halides is 2. The van der Waals surface area contributed by atoms with Crippen molar-refractivity contribution in [1.29, 1.82) is 0 Å². The average Bonchev–Trinajstić information content (AvgIpc) is 1.59. The van der Waals surface area contributed by atoms with Crippen molar-refractivity contribution >= 4 is 31.9 Å². The van der Waals surface area contributed by atoms with Crippen molar-refractivity contribution in [2.24, 2.45) is 0 Å². The molecule has 0 saturated heterocycles. The summed E-state index contributed by atoms with van der Waals surface area (Å²) in [5.41, 5.74) is 0. The number of rotatable bonds is 3. The summed E-state index contributed by atoms with van der Waals surface area (Å²) in [4.78, 5) is 0. The fourth-order valence-corrected chi connectivity index (χ4v) is 0.852. The molecule has 0 aromatic carbocycles. The van der Waals surface area contributed by atoms with E-state index in [0.29, 0.717) is 12.8 Å². The Morgan fingerprint density at radius 3 is 2.00 bits per heavy atom. The standard InChI is InChI=1S/C4H8Br2O2/c5-4(6,8)2-1-3-7/h7-8H,1-3H2. The second-order valence-electron chi connectivity index (χ2n) is 1.49. The van der Waals surface area contributed by atoms with Crippen LogP contribution in [0.5, 0.6) is 0 Å². The summed E-state index contributed by atoms with van der Waals surface area (Å²) in [7, 11) is 0. The molecule has 0 atom stereocenters. The van der Waals surface area contributed by atoms with Gasteiger partial charge in [-0.3, -0.25) is 0 Å². The first kappa shape index (κ1) is 8.88. The van der Waals surface area contributed by atoms with Gasteiger partial charge >= 0.3 is 0 Å². The largest absolute Gasteiger partial charge is 0.396 e. The lowest BCUT2D eigenvalue weighted by atomic mass is 10.3. The van der Waals surface area contributed by atoms with E-state index in [-0.39, 0.29) is 6.61 Å². The van der Waals surface area contributed by atoms with Crippen LogP contribution in [0.1, 0.15) is 12.8 Å². The molecule has 8 heavy (non-hydrogen) atoms. The quantitative estimate of drug-likeness (QED) is 0.736. The topological polar surface area (TPSA) is 40.5 Å². The zero-order chi connectivity index (χ0) is 6.62. The fraction of sp³-hybridized carbons (Fsp3) is 1.00. The number of aliphatic hydroxyl groups is 2. The van der Waals surface area contributed by atoms with E-state index in [1.807, 2.05) is 0 Å². The lowest BCUT2D eigenvalue weighted by molar-refractivity contribution is 0.206. The Hall–Kier alpha value is 0.880. The third-order valence-corrected chi connectivity index (χ3v) is 1.43. The maximum Gasteiger partial charge on any atom is 0.174 e. The molecule has 0 aliphatic heterocycles. The minimum atomic E-state index is -0.983. The molecule has 0 unspecified atom stereocenters. The molecule has 4 heteroatoms. The van der Waals surface area contributed by atoms with Gasteiger partial charge in [-0.2, -0.15) is 0 Å². The van der Waals surface area contributed by atoms with Crippen LogP contribution in [0, 0.1) is 0 Å². The SMILES string of the molecule is OCCCC(O)(Br)Br. The Labute approximate surface area is 65.2 Å². The molecule has 50 valence electrons. The summed E-state index contributed by atoms with van der Waals surface area (Å²) < 4.78 is -0.983. The normalized spacial score (nSPS) is 12.0. The van der Waals surface area contributed by atoms with E-state index >= 15 is 0 Å². The number of halogens is 2. The summed E-state index contributed by atoms with van der Waals surface area (Å²) in [6.07, 6.45) is 1.09. The Bertz CT molecular complexity index is 59.5. The van der Waals surface area contributed by atoms with Crippen LogP contribution in [-0.2, 0) is 0 Å². The summed E-state index contributed by atoms with van der Waals surface area (Å²) >= 11 is 5.88. The van der Waals surface area contributed by atoms with Gasteiger partial charge in [0, 0.05) is 6.61 Å². The lowest BCUT2D eigenvalue weighted by Crippen LogP contribution is -2.09. The van der Waals surface area contributed by atoms with Gasteiger partial charge in [0.05, 0.1) is 0 Å². The van der Waals surface area contributed by atoms with Crippen LogP contribution in [0.3, 0.4) is 0 Å². The van der Waals surface area contributed by atoms with Crippen LogP contribution in [0.25, 0.3) is 0 Å². The highest BCUT2D eigenvalue weighted by atomic mass is 79.9. The van der Waals surface area contributed by atoms with Gasteiger partial charge in [0.25, 0.3) is 0 Å². The van der Waals surface area contributed by atoms with Crippen molar-refractivity contribution in [3.8, 4) is 0 Å². The maximum atomic E-state index is 8.87. The van der Waals surface area contributed by atoms with Crippen molar-refractivity contribution in [3.63, 3.8) is 0 Å². The van der Waals surface area contributed by atoms with Gasteiger partial charge in [0.15, 0.2) is 3.42 Å². The molecule has 2 N–H and O–H groups in total. The number of aliphatic hydroxyl groups excluding tert-OH is 1. The highest BCUT2D eigenvalue weighted by Gasteiger charge is 2.15. The first-order valence-corrected chi connectivity index (χ1v) is 3.86. The van der Waals surface area contributed by atoms with Crippen molar-refractivity contribution in [3.05, 3.63) is 0 Å². The lowest BCUT2D eigenvalue weighted by Gasteiger charge is -2.09. The molecule has 0 spiro atoms. The molecule has 0 radical (unpaired) electrons. The third-order valence-electron chi connectivity index (χ3n) is 0.636. The van der Waals surface area contributed by atoms with E-state index in [4.69, 9.17) is 10.2 Å². The van der Waals surface area contributed by atoms with Crippen molar-refractivity contribution in [2.75, 3.05) is 6.61 Å². The zero-order valence-electron chi connectivity index (χ0n) is 4.27. The molecule has 0 amide bonds. The van der Waals surface area contributed by atoms with E-state index in [1.54, 1.807) is 0 Å². The van der Waals surface area contributed by atoms with E-state index in [9.17, 15) is 0 Å². The van der Waals surface area contributed by atoms with E-state index in [0.717, 1.165) is 0 Å². The molecular weight excluding hydrogens is 240 g/mol. The van der Waals surface area contributed by atoms with E-state index in [1.165, 1.54) is 0 Å². The molecule has 0 aliphatic rings. The molecule has 2 nitrogen and oxygen atoms in total. The third kappa shape index (κ3) is 6.88. The number of hydrogen-bond acceptors (Lipinski definition) is 2. The Balaban J connectivity index is 3.11. The first-order valence-electron chi connectivity index (χ1n) is 2.27. The molecule has 0 aliphatic carbocycles. The Morgan fingerprint density at radius 2 is 1.88 bits per heavy atom. The van der Waals surface area contributed by atoms with Gasteiger partial charge in [-0.05, 0) is 44.7 Å². The molecular formula is C4H8Br2O2. The van der Waals surface area contributed by atoms with Crippen LogP contribution < -0.4 is 0 Å². The van der Waals surface area contributed by atoms with Gasteiger partial charge in [-0.15, -0.1) is 0 Å². The van der Waals surface area contributed by atoms with E-state index in [2.05, 4.69) is 31.9 Å². The molecule has 0 heterocycles. The summed E-state index contributed by atoms with van der Waals surface area (Å²) in [6, 6.07) is 0.